The standard InChI is InChI=1S/C15H10NOS/c17-13-7-3-4-8-14(13)18-15-10-9-11-5-1-2-6-12(11)16-15/h1-10H. The van der Waals surface area contributed by atoms with E-state index in [0.29, 0.717) is 4.90 Å². The van der Waals surface area contributed by atoms with Gasteiger partial charge >= 0.3 is 0 Å². The summed E-state index contributed by atoms with van der Waals surface area (Å²) in [5.74, 6) is 0.0393. The highest BCUT2D eigenvalue weighted by atomic mass is 32.2. The minimum absolute atomic E-state index is 0.0393. The predicted octanol–water partition coefficient (Wildman–Crippen LogP) is 4.53. The Labute approximate surface area is 109 Å². The zero-order chi connectivity index (χ0) is 12.4. The van der Waals surface area contributed by atoms with E-state index in [-0.39, 0.29) is 5.75 Å². The van der Waals surface area contributed by atoms with Gasteiger partial charge in [-0.15, -0.1) is 0 Å². The number of fused-ring (bicyclic) bond motifs is 1. The summed E-state index contributed by atoms with van der Waals surface area (Å²) in [5.41, 5.74) is 0.950. The van der Waals surface area contributed by atoms with E-state index < -0.39 is 0 Å². The average Bonchev–Trinajstić information content (AvgIpc) is 2.41. The summed E-state index contributed by atoms with van der Waals surface area (Å²) >= 11 is 1.41. The van der Waals surface area contributed by atoms with Gasteiger partial charge in [-0.05, 0) is 24.3 Å². The van der Waals surface area contributed by atoms with Crippen LogP contribution in [0.3, 0.4) is 0 Å². The lowest BCUT2D eigenvalue weighted by Gasteiger charge is -2.03. The maximum absolute atomic E-state index is 11.6. The second-order valence-corrected chi connectivity index (χ2v) is 4.95. The van der Waals surface area contributed by atoms with Gasteiger partial charge in [0, 0.05) is 5.39 Å². The lowest BCUT2D eigenvalue weighted by Crippen LogP contribution is -1.82. The van der Waals surface area contributed by atoms with Crippen LogP contribution in [0.15, 0.2) is 70.6 Å². The molecule has 0 bridgehead atoms. The van der Waals surface area contributed by atoms with Gasteiger partial charge in [-0.1, -0.05) is 48.2 Å². The van der Waals surface area contributed by atoms with Crippen molar-refractivity contribution < 1.29 is 5.11 Å². The minimum Gasteiger partial charge on any atom is -0.289 e. The van der Waals surface area contributed by atoms with Crippen molar-refractivity contribution in [3.8, 4) is 5.75 Å². The first-order valence-corrected chi connectivity index (χ1v) is 6.44. The summed E-state index contributed by atoms with van der Waals surface area (Å²) in [5, 5.41) is 13.6. The Kier molecular flexibility index (Phi) is 2.90. The molecule has 3 aromatic rings. The van der Waals surface area contributed by atoms with Crippen LogP contribution in [-0.2, 0) is 5.11 Å². The second-order valence-electron chi connectivity index (χ2n) is 3.89. The van der Waals surface area contributed by atoms with Crippen LogP contribution in [0.2, 0.25) is 0 Å². The summed E-state index contributed by atoms with van der Waals surface area (Å²) in [7, 11) is 0. The van der Waals surface area contributed by atoms with Crippen LogP contribution < -0.4 is 0 Å². The second kappa shape index (κ2) is 4.70. The smallest absolute Gasteiger partial charge is 0.192 e. The lowest BCUT2D eigenvalue weighted by molar-refractivity contribution is 0.344. The van der Waals surface area contributed by atoms with Crippen molar-refractivity contribution in [3.05, 3.63) is 60.7 Å². The molecule has 0 spiro atoms. The molecule has 0 aliphatic rings. The SMILES string of the molecule is [O]c1ccccc1Sc1ccc2ccccc2n1. The third-order valence-electron chi connectivity index (χ3n) is 2.64. The van der Waals surface area contributed by atoms with Gasteiger partial charge in [0.25, 0.3) is 0 Å². The van der Waals surface area contributed by atoms with E-state index in [0.717, 1.165) is 15.9 Å². The number of para-hydroxylation sites is 2. The lowest BCUT2D eigenvalue weighted by atomic mass is 10.2. The highest BCUT2D eigenvalue weighted by molar-refractivity contribution is 7.99. The number of pyridine rings is 1. The summed E-state index contributed by atoms with van der Waals surface area (Å²) in [6.45, 7) is 0. The maximum atomic E-state index is 11.6. The van der Waals surface area contributed by atoms with Crippen LogP contribution in [0, 0.1) is 0 Å². The quantitative estimate of drug-likeness (QED) is 0.671. The first-order chi connectivity index (χ1) is 8.83. The van der Waals surface area contributed by atoms with Crippen molar-refractivity contribution in [2.45, 2.75) is 9.92 Å². The van der Waals surface area contributed by atoms with Crippen molar-refractivity contribution >= 4 is 22.7 Å². The van der Waals surface area contributed by atoms with E-state index in [2.05, 4.69) is 4.98 Å². The Hall–Kier alpha value is -2.00. The van der Waals surface area contributed by atoms with Gasteiger partial charge in [0.05, 0.1) is 10.4 Å². The van der Waals surface area contributed by atoms with Gasteiger partial charge < -0.3 is 0 Å². The Morgan fingerprint density at radius 1 is 0.833 bits per heavy atom. The molecule has 3 rings (SSSR count). The molecule has 18 heavy (non-hydrogen) atoms. The van der Waals surface area contributed by atoms with Crippen LogP contribution in [0.5, 0.6) is 5.75 Å². The Morgan fingerprint density at radius 3 is 2.50 bits per heavy atom. The van der Waals surface area contributed by atoms with Crippen molar-refractivity contribution in [3.63, 3.8) is 0 Å². The first-order valence-electron chi connectivity index (χ1n) is 5.62. The third kappa shape index (κ3) is 2.17. The van der Waals surface area contributed by atoms with Gasteiger partial charge in [0.1, 0.15) is 5.03 Å². The molecule has 0 amide bonds. The van der Waals surface area contributed by atoms with E-state index in [9.17, 15) is 5.11 Å². The summed E-state index contributed by atoms with van der Waals surface area (Å²) in [4.78, 5) is 5.24. The molecule has 0 atom stereocenters. The molecule has 0 aliphatic carbocycles. The molecule has 87 valence electrons. The summed E-state index contributed by atoms with van der Waals surface area (Å²) in [6.07, 6.45) is 0. The van der Waals surface area contributed by atoms with Crippen LogP contribution in [0.25, 0.3) is 10.9 Å². The molecule has 0 unspecified atom stereocenters. The molecule has 1 heterocycles. The minimum atomic E-state index is 0.0393. The first kappa shape index (κ1) is 11.1. The molecule has 0 fully saturated rings. The Balaban J connectivity index is 1.98. The van der Waals surface area contributed by atoms with Crippen LogP contribution in [-0.4, -0.2) is 4.98 Å². The largest absolute Gasteiger partial charge is 0.289 e. The molecule has 2 nitrogen and oxygen atoms in total. The third-order valence-corrected chi connectivity index (χ3v) is 3.63. The van der Waals surface area contributed by atoms with Crippen LogP contribution in [0.4, 0.5) is 0 Å². The molecule has 2 aromatic carbocycles. The van der Waals surface area contributed by atoms with Crippen molar-refractivity contribution in [1.29, 1.82) is 0 Å². The molecular formula is C15H10NOS. The van der Waals surface area contributed by atoms with Gasteiger partial charge in [0.2, 0.25) is 0 Å². The van der Waals surface area contributed by atoms with Crippen LogP contribution >= 0.6 is 11.8 Å². The molecule has 0 saturated heterocycles. The van der Waals surface area contributed by atoms with Gasteiger partial charge in [-0.25, -0.2) is 4.98 Å². The zero-order valence-electron chi connectivity index (χ0n) is 9.54. The van der Waals surface area contributed by atoms with Crippen molar-refractivity contribution in [2.24, 2.45) is 0 Å². The number of aromatic nitrogens is 1. The Bertz CT molecular complexity index is 697. The number of hydrogen-bond acceptors (Lipinski definition) is 2. The zero-order valence-corrected chi connectivity index (χ0v) is 10.4. The summed E-state index contributed by atoms with van der Waals surface area (Å²) in [6, 6.07) is 18.9. The molecule has 0 aliphatic heterocycles. The van der Waals surface area contributed by atoms with Gasteiger partial charge in [-0.2, -0.15) is 0 Å². The fraction of sp³-hybridized carbons (Fsp3) is 0. The fourth-order valence-electron chi connectivity index (χ4n) is 1.75. The number of rotatable bonds is 2. The molecule has 0 saturated carbocycles. The van der Waals surface area contributed by atoms with Crippen molar-refractivity contribution in [1.82, 2.24) is 4.98 Å². The monoisotopic (exact) mass is 252 g/mol. The number of nitrogens with zero attached hydrogens (tertiary/aromatic N) is 1. The van der Waals surface area contributed by atoms with E-state index in [1.54, 1.807) is 12.1 Å². The highest BCUT2D eigenvalue weighted by Crippen LogP contribution is 2.33. The van der Waals surface area contributed by atoms with Crippen LogP contribution in [0.1, 0.15) is 0 Å². The predicted molar refractivity (Wildman–Crippen MR) is 72.4 cm³/mol. The number of hydrogen-bond donors (Lipinski definition) is 0. The topological polar surface area (TPSA) is 32.8 Å². The fourth-order valence-corrected chi connectivity index (χ4v) is 2.57. The molecule has 3 heteroatoms. The Morgan fingerprint density at radius 2 is 1.61 bits per heavy atom. The normalized spacial score (nSPS) is 10.7. The van der Waals surface area contributed by atoms with Gasteiger partial charge in [0.15, 0.2) is 5.75 Å². The number of benzene rings is 2. The van der Waals surface area contributed by atoms with Gasteiger partial charge in [-0.3, -0.25) is 5.11 Å². The maximum Gasteiger partial charge on any atom is 0.192 e. The molecular weight excluding hydrogens is 242 g/mol. The van der Waals surface area contributed by atoms with Crippen molar-refractivity contribution in [2.75, 3.05) is 0 Å². The molecule has 0 N–H and O–H groups in total. The highest BCUT2D eigenvalue weighted by Gasteiger charge is 2.05. The molecule has 1 radical (unpaired) electrons. The van der Waals surface area contributed by atoms with E-state index in [1.807, 2.05) is 48.5 Å². The summed E-state index contributed by atoms with van der Waals surface area (Å²) < 4.78 is 0. The average molecular weight is 252 g/mol. The van der Waals surface area contributed by atoms with E-state index in [1.165, 1.54) is 11.8 Å². The molecule has 1 aromatic heterocycles. The van der Waals surface area contributed by atoms with E-state index >= 15 is 0 Å². The van der Waals surface area contributed by atoms with E-state index in [4.69, 9.17) is 0 Å².